The fourth-order valence-corrected chi connectivity index (χ4v) is 2.77. The SMILES string of the molecule is O=C(NCCCC(=O)N1CCC(O)(C(=O)O)CC1)c1ccc(Cl)cc1. The molecule has 1 heterocycles. The van der Waals surface area contributed by atoms with Gasteiger partial charge in [-0.05, 0) is 30.7 Å². The number of aliphatic hydroxyl groups is 1. The number of halogens is 1. The molecule has 1 aromatic carbocycles. The fourth-order valence-electron chi connectivity index (χ4n) is 2.64. The van der Waals surface area contributed by atoms with E-state index < -0.39 is 11.6 Å². The summed E-state index contributed by atoms with van der Waals surface area (Å²) in [6, 6.07) is 6.52. The molecule has 0 radical (unpaired) electrons. The third-order valence-corrected chi connectivity index (χ3v) is 4.55. The highest BCUT2D eigenvalue weighted by Gasteiger charge is 2.40. The second kappa shape index (κ2) is 8.31. The first-order valence-electron chi connectivity index (χ1n) is 8.09. The first-order valence-corrected chi connectivity index (χ1v) is 8.47. The Labute approximate surface area is 150 Å². The Hall–Kier alpha value is -2.12. The van der Waals surface area contributed by atoms with Gasteiger partial charge in [-0.15, -0.1) is 0 Å². The predicted octanol–water partition coefficient (Wildman–Crippen LogP) is 1.29. The lowest BCUT2D eigenvalue weighted by Crippen LogP contribution is -2.50. The van der Waals surface area contributed by atoms with Crippen molar-refractivity contribution in [1.29, 1.82) is 0 Å². The molecule has 0 aliphatic carbocycles. The van der Waals surface area contributed by atoms with Crippen LogP contribution < -0.4 is 5.32 Å². The van der Waals surface area contributed by atoms with Crippen LogP contribution in [0.3, 0.4) is 0 Å². The molecule has 1 saturated heterocycles. The van der Waals surface area contributed by atoms with Crippen LogP contribution in [0, 0.1) is 0 Å². The van der Waals surface area contributed by atoms with Gasteiger partial charge in [-0.3, -0.25) is 9.59 Å². The van der Waals surface area contributed by atoms with E-state index in [4.69, 9.17) is 16.7 Å². The number of carbonyl (C=O) groups excluding carboxylic acids is 2. The quantitative estimate of drug-likeness (QED) is 0.656. The minimum atomic E-state index is -1.73. The van der Waals surface area contributed by atoms with Crippen molar-refractivity contribution in [2.45, 2.75) is 31.3 Å². The molecule has 25 heavy (non-hydrogen) atoms. The highest BCUT2D eigenvalue weighted by Crippen LogP contribution is 2.22. The number of likely N-dealkylation sites (tertiary alicyclic amines) is 1. The van der Waals surface area contributed by atoms with E-state index in [-0.39, 0.29) is 44.2 Å². The van der Waals surface area contributed by atoms with Gasteiger partial charge in [-0.25, -0.2) is 4.79 Å². The Morgan fingerprint density at radius 2 is 1.76 bits per heavy atom. The standard InChI is InChI=1S/C17H21ClN2O5/c18-13-5-3-12(4-6-13)15(22)19-9-1-2-14(21)20-10-7-17(25,8-11-20)16(23)24/h3-6,25H,1-2,7-11H2,(H,19,22)(H,23,24). The first kappa shape index (κ1) is 19.2. The number of aliphatic carboxylic acids is 1. The number of amides is 2. The predicted molar refractivity (Wildman–Crippen MR) is 91.4 cm³/mol. The maximum Gasteiger partial charge on any atom is 0.335 e. The van der Waals surface area contributed by atoms with Crippen LogP contribution in [0.25, 0.3) is 0 Å². The zero-order chi connectivity index (χ0) is 18.4. The number of rotatable bonds is 6. The summed E-state index contributed by atoms with van der Waals surface area (Å²) in [6.07, 6.45) is 0.799. The van der Waals surface area contributed by atoms with Crippen LogP contribution in [0.5, 0.6) is 0 Å². The van der Waals surface area contributed by atoms with Crippen molar-refractivity contribution in [3.05, 3.63) is 34.9 Å². The Bertz CT molecular complexity index is 639. The highest BCUT2D eigenvalue weighted by atomic mass is 35.5. The maximum atomic E-state index is 12.1. The summed E-state index contributed by atoms with van der Waals surface area (Å²) < 4.78 is 0. The van der Waals surface area contributed by atoms with Crippen LogP contribution in [-0.4, -0.2) is 58.1 Å². The molecule has 1 aliphatic heterocycles. The summed E-state index contributed by atoms with van der Waals surface area (Å²) in [6.45, 7) is 0.803. The average molecular weight is 369 g/mol. The average Bonchev–Trinajstić information content (AvgIpc) is 2.59. The van der Waals surface area contributed by atoms with Crippen molar-refractivity contribution >= 4 is 29.4 Å². The monoisotopic (exact) mass is 368 g/mol. The van der Waals surface area contributed by atoms with E-state index in [1.807, 2.05) is 0 Å². The Morgan fingerprint density at radius 1 is 1.16 bits per heavy atom. The molecule has 1 aromatic rings. The molecule has 0 aromatic heterocycles. The molecule has 1 aliphatic rings. The zero-order valence-electron chi connectivity index (χ0n) is 13.7. The lowest BCUT2D eigenvalue weighted by molar-refractivity contribution is -0.165. The summed E-state index contributed by atoms with van der Waals surface area (Å²) in [5.41, 5.74) is -1.23. The molecule has 136 valence electrons. The van der Waals surface area contributed by atoms with Crippen molar-refractivity contribution in [3.63, 3.8) is 0 Å². The van der Waals surface area contributed by atoms with Gasteiger partial charge in [0.05, 0.1) is 0 Å². The number of nitrogens with zero attached hydrogens (tertiary/aromatic N) is 1. The number of hydrogen-bond acceptors (Lipinski definition) is 4. The van der Waals surface area contributed by atoms with E-state index in [0.29, 0.717) is 23.6 Å². The zero-order valence-corrected chi connectivity index (χ0v) is 14.5. The lowest BCUT2D eigenvalue weighted by atomic mass is 9.91. The number of carboxylic acids is 1. The molecule has 2 rings (SSSR count). The molecule has 0 bridgehead atoms. The number of piperidine rings is 1. The van der Waals surface area contributed by atoms with Crippen LogP contribution in [0.15, 0.2) is 24.3 Å². The van der Waals surface area contributed by atoms with Gasteiger partial charge in [0.2, 0.25) is 5.91 Å². The van der Waals surface area contributed by atoms with Crippen molar-refractivity contribution in [1.82, 2.24) is 10.2 Å². The fraction of sp³-hybridized carbons (Fsp3) is 0.471. The molecule has 0 spiro atoms. The van der Waals surface area contributed by atoms with Gasteiger partial charge >= 0.3 is 5.97 Å². The normalized spacial score (nSPS) is 16.3. The number of hydrogen-bond donors (Lipinski definition) is 3. The third-order valence-electron chi connectivity index (χ3n) is 4.30. The first-order chi connectivity index (χ1) is 11.8. The van der Waals surface area contributed by atoms with Gasteiger partial charge in [-0.2, -0.15) is 0 Å². The van der Waals surface area contributed by atoms with Crippen LogP contribution >= 0.6 is 11.6 Å². The Balaban J connectivity index is 1.68. The lowest BCUT2D eigenvalue weighted by Gasteiger charge is -2.35. The molecular formula is C17H21ClN2O5. The highest BCUT2D eigenvalue weighted by molar-refractivity contribution is 6.30. The summed E-state index contributed by atoms with van der Waals surface area (Å²) in [7, 11) is 0. The topological polar surface area (TPSA) is 107 Å². The number of carboxylic acid groups (broad SMARTS) is 1. The molecule has 2 amide bonds. The maximum absolute atomic E-state index is 12.1. The smallest absolute Gasteiger partial charge is 0.335 e. The van der Waals surface area contributed by atoms with Crippen LogP contribution in [0.4, 0.5) is 0 Å². The minimum Gasteiger partial charge on any atom is -0.479 e. The van der Waals surface area contributed by atoms with E-state index in [0.717, 1.165) is 0 Å². The summed E-state index contributed by atoms with van der Waals surface area (Å²) in [4.78, 5) is 36.5. The second-order valence-electron chi connectivity index (χ2n) is 6.08. The van der Waals surface area contributed by atoms with Gasteiger partial charge in [0.1, 0.15) is 0 Å². The van der Waals surface area contributed by atoms with Crippen LogP contribution in [0.1, 0.15) is 36.0 Å². The Morgan fingerprint density at radius 3 is 2.32 bits per heavy atom. The van der Waals surface area contributed by atoms with Crippen molar-refractivity contribution in [2.75, 3.05) is 19.6 Å². The molecule has 1 fully saturated rings. The van der Waals surface area contributed by atoms with Crippen molar-refractivity contribution in [3.8, 4) is 0 Å². The molecular weight excluding hydrogens is 348 g/mol. The van der Waals surface area contributed by atoms with Crippen molar-refractivity contribution < 1.29 is 24.6 Å². The van der Waals surface area contributed by atoms with E-state index in [1.165, 1.54) is 0 Å². The van der Waals surface area contributed by atoms with E-state index in [9.17, 15) is 19.5 Å². The molecule has 0 atom stereocenters. The molecule has 0 unspecified atom stereocenters. The van der Waals surface area contributed by atoms with Gasteiger partial charge < -0.3 is 20.4 Å². The molecule has 8 heteroatoms. The largest absolute Gasteiger partial charge is 0.479 e. The molecule has 7 nitrogen and oxygen atoms in total. The van der Waals surface area contributed by atoms with E-state index >= 15 is 0 Å². The second-order valence-corrected chi connectivity index (χ2v) is 6.52. The number of nitrogens with one attached hydrogen (secondary N) is 1. The molecule has 3 N–H and O–H groups in total. The van der Waals surface area contributed by atoms with Crippen LogP contribution in [0.2, 0.25) is 5.02 Å². The summed E-state index contributed by atoms with van der Waals surface area (Å²) in [5.74, 6) is -1.58. The van der Waals surface area contributed by atoms with Crippen LogP contribution in [-0.2, 0) is 9.59 Å². The summed E-state index contributed by atoms with van der Waals surface area (Å²) >= 11 is 5.76. The van der Waals surface area contributed by atoms with Gasteiger partial charge in [0.15, 0.2) is 5.60 Å². The Kier molecular flexibility index (Phi) is 6.39. The summed E-state index contributed by atoms with van der Waals surface area (Å²) in [5, 5.41) is 22.1. The van der Waals surface area contributed by atoms with Gasteiger partial charge in [0.25, 0.3) is 5.91 Å². The molecule has 0 saturated carbocycles. The minimum absolute atomic E-state index is 0.0291. The number of carbonyl (C=O) groups is 3. The number of benzene rings is 1. The van der Waals surface area contributed by atoms with Crippen molar-refractivity contribution in [2.24, 2.45) is 0 Å². The van der Waals surface area contributed by atoms with Gasteiger partial charge in [0, 0.05) is 49.5 Å². The van der Waals surface area contributed by atoms with E-state index in [1.54, 1.807) is 29.2 Å². The van der Waals surface area contributed by atoms with Gasteiger partial charge in [-0.1, -0.05) is 11.6 Å². The third kappa shape index (κ3) is 5.17. The van der Waals surface area contributed by atoms with E-state index in [2.05, 4.69) is 5.32 Å².